The average Bonchev–Trinajstić information content (AvgIpc) is 2.69. The molecule has 0 aliphatic heterocycles. The van der Waals surface area contributed by atoms with Crippen molar-refractivity contribution in [3.8, 4) is 5.75 Å². The SMILES string of the molecule is COc1ccc(C(C)(I)[SiH-](C)(C)N(c2ccccc2)c2ccccc2)cc1. The molecule has 0 aromatic heterocycles. The number of hydrogen-bond donors (Lipinski definition) is 0. The molecule has 0 amide bonds. The van der Waals surface area contributed by atoms with Crippen LogP contribution in [0.25, 0.3) is 0 Å². The second kappa shape index (κ2) is 8.06. The topological polar surface area (TPSA) is 12.5 Å². The molecule has 3 aromatic carbocycles. The molecule has 0 aliphatic carbocycles. The normalized spacial score (nSPS) is 14.3. The molecular weight excluding hydrogens is 461 g/mol. The summed E-state index contributed by atoms with van der Waals surface area (Å²) in [5, 5.41) is 0. The van der Waals surface area contributed by atoms with E-state index in [1.807, 2.05) is 0 Å². The average molecular weight is 488 g/mol. The Labute approximate surface area is 177 Å². The molecule has 0 saturated heterocycles. The van der Waals surface area contributed by atoms with Gasteiger partial charge in [0.1, 0.15) is 0 Å². The van der Waals surface area contributed by atoms with Crippen LogP contribution in [0.5, 0.6) is 5.75 Å². The van der Waals surface area contributed by atoms with Crippen molar-refractivity contribution in [2.45, 2.75) is 23.1 Å². The maximum absolute atomic E-state index is 5.35. The van der Waals surface area contributed by atoms with E-state index < -0.39 is 8.24 Å². The molecule has 142 valence electrons. The number of benzene rings is 3. The Bertz CT molecular complexity index is 824. The minimum atomic E-state index is -2.40. The van der Waals surface area contributed by atoms with Crippen LogP contribution in [-0.4, -0.2) is 15.3 Å². The second-order valence-corrected chi connectivity index (χ2v) is 16.3. The first-order chi connectivity index (χ1) is 12.9. The van der Waals surface area contributed by atoms with Crippen LogP contribution in [0.15, 0.2) is 84.9 Å². The van der Waals surface area contributed by atoms with Crippen LogP contribution in [0.3, 0.4) is 0 Å². The number of ether oxygens (including phenoxy) is 1. The van der Waals surface area contributed by atoms with Crippen molar-refractivity contribution in [3.05, 3.63) is 90.5 Å². The first-order valence-corrected chi connectivity index (χ1v) is 13.8. The van der Waals surface area contributed by atoms with Gasteiger partial charge in [-0.3, -0.25) is 0 Å². The third-order valence-corrected chi connectivity index (χ3v) is 15.8. The monoisotopic (exact) mass is 488 g/mol. The third-order valence-electron chi connectivity index (χ3n) is 5.70. The Balaban J connectivity index is 2.11. The van der Waals surface area contributed by atoms with Gasteiger partial charge in [0, 0.05) is 0 Å². The van der Waals surface area contributed by atoms with Crippen molar-refractivity contribution in [3.63, 3.8) is 0 Å². The predicted molar refractivity (Wildman–Crippen MR) is 128 cm³/mol. The molecule has 0 heterocycles. The Morgan fingerprint density at radius 2 is 1.22 bits per heavy atom. The zero-order valence-electron chi connectivity index (χ0n) is 16.4. The summed E-state index contributed by atoms with van der Waals surface area (Å²) < 4.78 is 7.97. The maximum atomic E-state index is 5.35. The van der Waals surface area contributed by atoms with E-state index in [1.54, 1.807) is 7.11 Å². The molecule has 0 N–H and O–H groups in total. The molecule has 2 nitrogen and oxygen atoms in total. The van der Waals surface area contributed by atoms with E-state index >= 15 is 0 Å². The van der Waals surface area contributed by atoms with Crippen LogP contribution in [0.2, 0.25) is 13.1 Å². The van der Waals surface area contributed by atoms with Crippen LogP contribution >= 0.6 is 22.6 Å². The summed E-state index contributed by atoms with van der Waals surface area (Å²) in [7, 11) is -0.683. The van der Waals surface area contributed by atoms with Crippen molar-refractivity contribution in [1.82, 2.24) is 0 Å². The van der Waals surface area contributed by atoms with E-state index in [9.17, 15) is 0 Å². The van der Waals surface area contributed by atoms with Gasteiger partial charge in [0.2, 0.25) is 0 Å². The molecule has 0 radical (unpaired) electrons. The van der Waals surface area contributed by atoms with Gasteiger partial charge in [-0.25, -0.2) is 0 Å². The summed E-state index contributed by atoms with van der Waals surface area (Å²) in [5.41, 5.74) is 3.86. The van der Waals surface area contributed by atoms with Gasteiger partial charge in [0.05, 0.1) is 0 Å². The van der Waals surface area contributed by atoms with E-state index in [0.29, 0.717) is 0 Å². The molecular formula is C23H27INOSi-. The van der Waals surface area contributed by atoms with Gasteiger partial charge in [-0.1, -0.05) is 0 Å². The molecule has 1 unspecified atom stereocenters. The number of halogens is 1. The van der Waals surface area contributed by atoms with Crippen molar-refractivity contribution >= 4 is 42.2 Å². The van der Waals surface area contributed by atoms with Gasteiger partial charge in [-0.2, -0.15) is 0 Å². The quantitative estimate of drug-likeness (QED) is 0.219. The number of anilines is 2. The number of para-hydroxylation sites is 2. The molecule has 3 rings (SSSR count). The zero-order valence-corrected chi connectivity index (χ0v) is 19.7. The van der Waals surface area contributed by atoms with Crippen molar-refractivity contribution < 1.29 is 4.74 Å². The second-order valence-electron chi connectivity index (χ2n) is 7.65. The fraction of sp³-hybridized carbons (Fsp3) is 0.217. The van der Waals surface area contributed by atoms with Gasteiger partial charge in [-0.05, 0) is 0 Å². The molecule has 0 spiro atoms. The summed E-state index contributed by atoms with van der Waals surface area (Å²) in [5.74, 6) is 0.900. The van der Waals surface area contributed by atoms with Crippen LogP contribution in [-0.2, 0) is 3.04 Å². The molecule has 1 atom stereocenters. The minimum absolute atomic E-state index is 0.0166. The Hall–Kier alpha value is -1.79. The van der Waals surface area contributed by atoms with Gasteiger partial charge >= 0.3 is 178 Å². The van der Waals surface area contributed by atoms with Gasteiger partial charge in [0.15, 0.2) is 0 Å². The van der Waals surface area contributed by atoms with Crippen LogP contribution < -0.4 is 9.30 Å². The standard InChI is InChI=1S/C23H27INOSi/c1-23(24,19-15-17-22(26-2)18-16-19)27(3,4)25(20-11-7-5-8-12-20)21-13-9-6-10-14-21/h5-18,27H,1-4H3/q-1. The molecule has 0 saturated carbocycles. The number of alkyl halides is 1. The fourth-order valence-electron chi connectivity index (χ4n) is 3.64. The summed E-state index contributed by atoms with van der Waals surface area (Å²) in [6.07, 6.45) is 0. The molecule has 27 heavy (non-hydrogen) atoms. The van der Waals surface area contributed by atoms with E-state index in [2.05, 4.69) is 132 Å². The van der Waals surface area contributed by atoms with E-state index in [1.165, 1.54) is 16.9 Å². The molecule has 0 fully saturated rings. The number of rotatable bonds is 6. The molecule has 3 aromatic rings. The Morgan fingerprint density at radius 1 is 0.778 bits per heavy atom. The van der Waals surface area contributed by atoms with Crippen molar-refractivity contribution in [1.29, 1.82) is 0 Å². The van der Waals surface area contributed by atoms with Gasteiger partial charge in [0.25, 0.3) is 0 Å². The fourth-order valence-corrected chi connectivity index (χ4v) is 8.16. The Kier molecular flexibility index (Phi) is 5.96. The van der Waals surface area contributed by atoms with E-state index in [0.717, 1.165) is 5.75 Å². The summed E-state index contributed by atoms with van der Waals surface area (Å²) in [6.45, 7) is 7.33. The van der Waals surface area contributed by atoms with Crippen LogP contribution in [0.4, 0.5) is 11.4 Å². The first kappa shape index (κ1) is 20.0. The molecule has 0 aliphatic rings. The summed E-state index contributed by atoms with van der Waals surface area (Å²) in [6, 6.07) is 30.1. The zero-order chi connectivity index (χ0) is 19.5. The van der Waals surface area contributed by atoms with Gasteiger partial charge in [-0.15, -0.1) is 0 Å². The van der Waals surface area contributed by atoms with Gasteiger partial charge < -0.3 is 0 Å². The number of nitrogens with zero attached hydrogens (tertiary/aromatic N) is 1. The third kappa shape index (κ3) is 3.92. The Morgan fingerprint density at radius 3 is 1.63 bits per heavy atom. The van der Waals surface area contributed by atoms with Crippen molar-refractivity contribution in [2.75, 3.05) is 11.7 Å². The first-order valence-electron chi connectivity index (χ1n) is 9.34. The predicted octanol–water partition coefficient (Wildman–Crippen LogP) is 6.66. The summed E-state index contributed by atoms with van der Waals surface area (Å²) in [4.78, 5) is 0. The van der Waals surface area contributed by atoms with E-state index in [-0.39, 0.29) is 3.04 Å². The van der Waals surface area contributed by atoms with Crippen LogP contribution in [0.1, 0.15) is 12.5 Å². The molecule has 4 heteroatoms. The van der Waals surface area contributed by atoms with Crippen molar-refractivity contribution in [2.24, 2.45) is 0 Å². The molecule has 0 bridgehead atoms. The van der Waals surface area contributed by atoms with Crippen LogP contribution in [0, 0.1) is 0 Å². The summed E-state index contributed by atoms with van der Waals surface area (Å²) >= 11 is 2.67. The number of hydrogen-bond acceptors (Lipinski definition) is 2. The number of methoxy groups -OCH3 is 1. The van der Waals surface area contributed by atoms with E-state index in [4.69, 9.17) is 4.74 Å².